The van der Waals surface area contributed by atoms with Crippen LogP contribution in [0.15, 0.2) is 79.4 Å². The van der Waals surface area contributed by atoms with Crippen LogP contribution in [0.2, 0.25) is 0 Å². The summed E-state index contributed by atoms with van der Waals surface area (Å²) in [6.07, 6.45) is 8.53. The van der Waals surface area contributed by atoms with Gasteiger partial charge in [0.25, 0.3) is 0 Å². The number of nitrogens with zero attached hydrogens (tertiary/aromatic N) is 2. The average Bonchev–Trinajstić information content (AvgIpc) is 2.67. The van der Waals surface area contributed by atoms with Crippen LogP contribution in [-0.2, 0) is 13.1 Å². The van der Waals surface area contributed by atoms with Crippen LogP contribution >= 0.6 is 0 Å². The molecule has 12 heteroatoms. The van der Waals surface area contributed by atoms with E-state index in [1.807, 2.05) is 0 Å². The molecule has 2 aromatic heterocycles. The molecule has 168 valence electrons. The van der Waals surface area contributed by atoms with Crippen molar-refractivity contribution in [2.75, 3.05) is 0 Å². The van der Waals surface area contributed by atoms with E-state index in [0.717, 1.165) is 13.1 Å². The maximum absolute atomic E-state index is 9.75. The van der Waals surface area contributed by atoms with E-state index < -0.39 is 14.5 Å². The van der Waals surface area contributed by atoms with Crippen molar-refractivity contribution in [1.29, 1.82) is 0 Å². The Morgan fingerprint density at radius 3 is 1.29 bits per heavy atom. The van der Waals surface area contributed by atoms with Gasteiger partial charge in [-0.15, -0.1) is 0 Å². The molecule has 0 aliphatic carbocycles. The molecule has 0 radical (unpaired) electrons. The SMILES string of the molecule is CC[n+]1ccc(-c2cc[n+](Cc3ccccc3)cc2)cc1.F[B-](F)(F)F.F[B-](F)(F)F. The van der Waals surface area contributed by atoms with Crippen LogP contribution in [0, 0.1) is 0 Å². The number of aryl methyl sites for hydroxylation is 1. The highest BCUT2D eigenvalue weighted by molar-refractivity contribution is 6.50. The fourth-order valence-corrected chi connectivity index (χ4v) is 2.41. The van der Waals surface area contributed by atoms with Gasteiger partial charge in [0, 0.05) is 29.8 Å². The van der Waals surface area contributed by atoms with E-state index in [1.54, 1.807) is 0 Å². The molecular formula is C19H20B2F8N2. The van der Waals surface area contributed by atoms with Crippen LogP contribution in [0.3, 0.4) is 0 Å². The molecule has 0 saturated heterocycles. The van der Waals surface area contributed by atoms with Gasteiger partial charge < -0.3 is 34.5 Å². The van der Waals surface area contributed by atoms with Gasteiger partial charge in [-0.2, -0.15) is 0 Å². The summed E-state index contributed by atoms with van der Waals surface area (Å²) in [5.41, 5.74) is 3.83. The molecule has 0 atom stereocenters. The second kappa shape index (κ2) is 12.1. The molecule has 2 heterocycles. The Balaban J connectivity index is 0.000000404. The molecule has 0 fully saturated rings. The van der Waals surface area contributed by atoms with Crippen LogP contribution < -0.4 is 9.13 Å². The van der Waals surface area contributed by atoms with E-state index in [9.17, 15) is 34.5 Å². The maximum atomic E-state index is 9.75. The molecule has 0 aliphatic heterocycles. The molecule has 0 spiro atoms. The van der Waals surface area contributed by atoms with Gasteiger partial charge in [0.15, 0.2) is 31.3 Å². The molecule has 0 saturated carbocycles. The van der Waals surface area contributed by atoms with E-state index in [0.29, 0.717) is 0 Å². The lowest BCUT2D eigenvalue weighted by Crippen LogP contribution is -2.33. The first-order valence-electron chi connectivity index (χ1n) is 9.12. The van der Waals surface area contributed by atoms with Crippen LogP contribution in [0.5, 0.6) is 0 Å². The van der Waals surface area contributed by atoms with E-state index in [-0.39, 0.29) is 0 Å². The lowest BCUT2D eigenvalue weighted by molar-refractivity contribution is -0.693. The van der Waals surface area contributed by atoms with Gasteiger partial charge in [-0.05, 0) is 18.1 Å². The number of aromatic nitrogens is 2. The summed E-state index contributed by atoms with van der Waals surface area (Å²) in [6, 6.07) is 19.2. The van der Waals surface area contributed by atoms with E-state index in [2.05, 4.69) is 95.4 Å². The normalized spacial score (nSPS) is 11.0. The summed E-state index contributed by atoms with van der Waals surface area (Å²) >= 11 is 0. The summed E-state index contributed by atoms with van der Waals surface area (Å²) in [6.45, 7) is 4.06. The molecule has 1 aromatic carbocycles. The van der Waals surface area contributed by atoms with Crippen molar-refractivity contribution in [2.45, 2.75) is 20.0 Å². The molecule has 0 amide bonds. The molecule has 0 bridgehead atoms. The predicted molar refractivity (Wildman–Crippen MR) is 104 cm³/mol. The summed E-state index contributed by atoms with van der Waals surface area (Å²) in [5, 5.41) is 0. The Morgan fingerprint density at radius 1 is 0.581 bits per heavy atom. The first kappa shape index (κ1) is 26.1. The highest BCUT2D eigenvalue weighted by atomic mass is 19.5. The lowest BCUT2D eigenvalue weighted by Gasteiger charge is -2.01. The Kier molecular flexibility index (Phi) is 10.2. The molecule has 0 unspecified atom stereocenters. The van der Waals surface area contributed by atoms with Crippen molar-refractivity contribution in [3.8, 4) is 11.1 Å². The third kappa shape index (κ3) is 13.8. The maximum Gasteiger partial charge on any atom is 0.673 e. The lowest BCUT2D eigenvalue weighted by atomic mass is 10.1. The standard InChI is InChI=1S/C19H20N2.2BF4/c1-2-20-12-8-18(9-13-20)19-10-14-21(15-11-19)16-17-6-4-3-5-7-17;2*2-1(3,4)5/h3-15H,2,16H2,1H3;;/q+2;2*-1. The zero-order valence-corrected chi connectivity index (χ0v) is 16.5. The van der Waals surface area contributed by atoms with Gasteiger partial charge in [-0.3, -0.25) is 0 Å². The van der Waals surface area contributed by atoms with Crippen molar-refractivity contribution in [3.63, 3.8) is 0 Å². The van der Waals surface area contributed by atoms with Gasteiger partial charge in [0.2, 0.25) is 0 Å². The number of hydrogen-bond donors (Lipinski definition) is 0. The number of pyridine rings is 2. The molecular weight excluding hydrogens is 430 g/mol. The molecule has 0 aliphatic rings. The zero-order valence-electron chi connectivity index (χ0n) is 16.5. The summed E-state index contributed by atoms with van der Waals surface area (Å²) in [4.78, 5) is 0. The second-order valence-corrected chi connectivity index (χ2v) is 6.15. The Labute approximate surface area is 175 Å². The van der Waals surface area contributed by atoms with Crippen LogP contribution in [0.25, 0.3) is 11.1 Å². The molecule has 3 aromatic rings. The van der Waals surface area contributed by atoms with Crippen LogP contribution in [-0.4, -0.2) is 14.5 Å². The van der Waals surface area contributed by atoms with Gasteiger partial charge in [0.1, 0.15) is 6.54 Å². The Bertz CT molecular complexity index is 860. The smallest absolute Gasteiger partial charge is 0.418 e. The number of rotatable bonds is 4. The number of hydrogen-bond acceptors (Lipinski definition) is 0. The van der Waals surface area contributed by atoms with Crippen molar-refractivity contribution < 1.29 is 43.7 Å². The predicted octanol–water partition coefficient (Wildman–Crippen LogP) is 5.60. The van der Waals surface area contributed by atoms with Crippen molar-refractivity contribution in [3.05, 3.63) is 84.9 Å². The molecule has 31 heavy (non-hydrogen) atoms. The minimum atomic E-state index is -6.00. The Morgan fingerprint density at radius 2 is 0.935 bits per heavy atom. The third-order valence-corrected chi connectivity index (χ3v) is 3.69. The third-order valence-electron chi connectivity index (χ3n) is 3.69. The number of halogens is 8. The monoisotopic (exact) mass is 450 g/mol. The first-order valence-corrected chi connectivity index (χ1v) is 9.12. The molecule has 3 rings (SSSR count). The minimum Gasteiger partial charge on any atom is -0.418 e. The van der Waals surface area contributed by atoms with E-state index in [1.165, 1.54) is 16.7 Å². The zero-order chi connectivity index (χ0) is 23.5. The highest BCUT2D eigenvalue weighted by Gasteiger charge is 2.21. The summed E-state index contributed by atoms with van der Waals surface area (Å²) in [7, 11) is -12.0. The fourth-order valence-electron chi connectivity index (χ4n) is 2.41. The van der Waals surface area contributed by atoms with E-state index >= 15 is 0 Å². The summed E-state index contributed by atoms with van der Waals surface area (Å²) < 4.78 is 82.4. The average molecular weight is 450 g/mol. The molecule has 2 nitrogen and oxygen atoms in total. The minimum absolute atomic E-state index is 0.908. The van der Waals surface area contributed by atoms with Crippen LogP contribution in [0.4, 0.5) is 34.5 Å². The van der Waals surface area contributed by atoms with E-state index in [4.69, 9.17) is 0 Å². The van der Waals surface area contributed by atoms with Gasteiger partial charge >= 0.3 is 14.5 Å². The second-order valence-electron chi connectivity index (χ2n) is 6.15. The molecule has 0 N–H and O–H groups in total. The first-order chi connectivity index (χ1) is 14.3. The van der Waals surface area contributed by atoms with Gasteiger partial charge in [-0.25, -0.2) is 9.13 Å². The van der Waals surface area contributed by atoms with Crippen molar-refractivity contribution >= 4 is 14.5 Å². The van der Waals surface area contributed by atoms with Crippen LogP contribution in [0.1, 0.15) is 12.5 Å². The quantitative estimate of drug-likeness (QED) is 0.278. The Hall–Kier alpha value is -2.91. The van der Waals surface area contributed by atoms with Gasteiger partial charge in [-0.1, -0.05) is 30.3 Å². The van der Waals surface area contributed by atoms with Crippen molar-refractivity contribution in [1.82, 2.24) is 0 Å². The highest BCUT2D eigenvalue weighted by Crippen LogP contribution is 2.15. The summed E-state index contributed by atoms with van der Waals surface area (Å²) in [5.74, 6) is 0. The van der Waals surface area contributed by atoms with Crippen molar-refractivity contribution in [2.24, 2.45) is 0 Å². The largest absolute Gasteiger partial charge is 0.673 e. The number of benzene rings is 1. The fraction of sp³-hybridized carbons (Fsp3) is 0.158. The topological polar surface area (TPSA) is 7.76 Å². The van der Waals surface area contributed by atoms with Gasteiger partial charge in [0.05, 0.1) is 0 Å².